The standard InChI is InChI=1S/C12H17Cl2NS/c13-11-7-9(12(14)16-11)8-15-10-5-3-1-2-4-6-10/h7,10,15H,1-6,8H2. The normalized spacial score (nSPS) is 18.6. The maximum absolute atomic E-state index is 6.09. The van der Waals surface area contributed by atoms with Gasteiger partial charge in [0.1, 0.15) is 0 Å². The third kappa shape index (κ3) is 3.63. The second kappa shape index (κ2) is 6.25. The van der Waals surface area contributed by atoms with Crippen molar-refractivity contribution >= 4 is 34.5 Å². The zero-order valence-corrected chi connectivity index (χ0v) is 11.6. The smallest absolute Gasteiger partial charge is 0.0989 e. The van der Waals surface area contributed by atoms with Crippen molar-refractivity contribution in [2.24, 2.45) is 0 Å². The summed E-state index contributed by atoms with van der Waals surface area (Å²) in [5, 5.41) is 3.60. The molecular formula is C12H17Cl2NS. The van der Waals surface area contributed by atoms with Crippen molar-refractivity contribution in [2.75, 3.05) is 0 Å². The first-order valence-electron chi connectivity index (χ1n) is 5.93. The summed E-state index contributed by atoms with van der Waals surface area (Å²) in [7, 11) is 0. The van der Waals surface area contributed by atoms with Gasteiger partial charge in [-0.3, -0.25) is 0 Å². The second-order valence-electron chi connectivity index (χ2n) is 4.42. The fourth-order valence-corrected chi connectivity index (χ4v) is 3.72. The van der Waals surface area contributed by atoms with Crippen LogP contribution < -0.4 is 5.32 Å². The van der Waals surface area contributed by atoms with E-state index in [1.54, 1.807) is 0 Å². The molecule has 4 heteroatoms. The Morgan fingerprint density at radius 3 is 2.44 bits per heavy atom. The molecule has 0 unspecified atom stereocenters. The van der Waals surface area contributed by atoms with Gasteiger partial charge in [-0.2, -0.15) is 0 Å². The summed E-state index contributed by atoms with van der Waals surface area (Å²) in [5.41, 5.74) is 1.14. The van der Waals surface area contributed by atoms with Crippen LogP contribution in [0.15, 0.2) is 6.07 Å². The Kier molecular flexibility index (Phi) is 4.96. The van der Waals surface area contributed by atoms with E-state index in [1.165, 1.54) is 49.9 Å². The molecule has 1 aliphatic rings. The molecule has 1 aromatic heterocycles. The Morgan fingerprint density at radius 2 is 1.88 bits per heavy atom. The molecule has 2 rings (SSSR count). The van der Waals surface area contributed by atoms with Crippen LogP contribution in [0, 0.1) is 0 Å². The minimum Gasteiger partial charge on any atom is -0.310 e. The monoisotopic (exact) mass is 277 g/mol. The summed E-state index contributed by atoms with van der Waals surface area (Å²) >= 11 is 13.5. The Hall–Kier alpha value is 0.240. The minimum atomic E-state index is 0.664. The summed E-state index contributed by atoms with van der Waals surface area (Å²) in [5.74, 6) is 0. The van der Waals surface area contributed by atoms with E-state index >= 15 is 0 Å². The van der Waals surface area contributed by atoms with Gasteiger partial charge in [-0.1, -0.05) is 48.9 Å². The SMILES string of the molecule is Clc1cc(CNC2CCCCCC2)c(Cl)s1. The average molecular weight is 278 g/mol. The molecule has 90 valence electrons. The number of nitrogens with one attached hydrogen (secondary N) is 1. The molecular weight excluding hydrogens is 261 g/mol. The van der Waals surface area contributed by atoms with Gasteiger partial charge in [-0.05, 0) is 24.5 Å². The predicted molar refractivity (Wildman–Crippen MR) is 72.7 cm³/mol. The molecule has 1 N–H and O–H groups in total. The van der Waals surface area contributed by atoms with E-state index in [2.05, 4.69) is 5.32 Å². The lowest BCUT2D eigenvalue weighted by Gasteiger charge is -2.15. The number of hydrogen-bond donors (Lipinski definition) is 1. The molecule has 0 aromatic carbocycles. The van der Waals surface area contributed by atoms with Gasteiger partial charge in [0.15, 0.2) is 0 Å². The van der Waals surface area contributed by atoms with Crippen molar-refractivity contribution in [3.8, 4) is 0 Å². The molecule has 0 spiro atoms. The van der Waals surface area contributed by atoms with Crippen molar-refractivity contribution in [2.45, 2.75) is 51.1 Å². The average Bonchev–Trinajstić information content (AvgIpc) is 2.48. The quantitative estimate of drug-likeness (QED) is 0.778. The lowest BCUT2D eigenvalue weighted by molar-refractivity contribution is 0.459. The Morgan fingerprint density at radius 1 is 1.19 bits per heavy atom. The molecule has 0 bridgehead atoms. The second-order valence-corrected chi connectivity index (χ2v) is 6.70. The van der Waals surface area contributed by atoms with Crippen molar-refractivity contribution in [1.82, 2.24) is 5.32 Å². The van der Waals surface area contributed by atoms with E-state index in [1.807, 2.05) is 6.07 Å². The molecule has 1 fully saturated rings. The molecule has 0 saturated heterocycles. The van der Waals surface area contributed by atoms with Gasteiger partial charge in [0.25, 0.3) is 0 Å². The maximum atomic E-state index is 6.09. The van der Waals surface area contributed by atoms with Gasteiger partial charge < -0.3 is 5.32 Å². The van der Waals surface area contributed by atoms with Crippen molar-refractivity contribution in [3.05, 3.63) is 20.3 Å². The predicted octanol–water partition coefficient (Wildman–Crippen LogP) is 4.87. The van der Waals surface area contributed by atoms with Crippen molar-refractivity contribution < 1.29 is 0 Å². The van der Waals surface area contributed by atoms with Crippen LogP contribution >= 0.6 is 34.5 Å². The van der Waals surface area contributed by atoms with Crippen molar-refractivity contribution in [3.63, 3.8) is 0 Å². The lowest BCUT2D eigenvalue weighted by atomic mass is 10.1. The first-order valence-corrected chi connectivity index (χ1v) is 7.50. The van der Waals surface area contributed by atoms with E-state index in [-0.39, 0.29) is 0 Å². The Balaban J connectivity index is 1.84. The van der Waals surface area contributed by atoms with Gasteiger partial charge >= 0.3 is 0 Å². The molecule has 0 aliphatic heterocycles. The van der Waals surface area contributed by atoms with Crippen LogP contribution in [0.25, 0.3) is 0 Å². The molecule has 0 atom stereocenters. The largest absolute Gasteiger partial charge is 0.310 e. The van der Waals surface area contributed by atoms with E-state index in [9.17, 15) is 0 Å². The highest BCUT2D eigenvalue weighted by Gasteiger charge is 2.13. The third-order valence-corrected chi connectivity index (χ3v) is 4.73. The van der Waals surface area contributed by atoms with E-state index in [0.29, 0.717) is 6.04 Å². The molecule has 1 aromatic rings. The summed E-state index contributed by atoms with van der Waals surface area (Å²) in [6, 6.07) is 2.63. The summed E-state index contributed by atoms with van der Waals surface area (Å²) in [6.45, 7) is 0.854. The number of thiophene rings is 1. The molecule has 1 nitrogen and oxygen atoms in total. The molecule has 1 aliphatic carbocycles. The highest BCUT2D eigenvalue weighted by Crippen LogP contribution is 2.31. The fourth-order valence-electron chi connectivity index (χ4n) is 2.23. The Labute approximate surface area is 111 Å². The van der Waals surface area contributed by atoms with Gasteiger partial charge in [-0.15, -0.1) is 11.3 Å². The van der Waals surface area contributed by atoms with Gasteiger partial charge in [0.2, 0.25) is 0 Å². The molecule has 1 saturated carbocycles. The minimum absolute atomic E-state index is 0.664. The highest BCUT2D eigenvalue weighted by molar-refractivity contribution is 7.20. The van der Waals surface area contributed by atoms with E-state index in [0.717, 1.165) is 20.8 Å². The lowest BCUT2D eigenvalue weighted by Crippen LogP contribution is -2.27. The zero-order chi connectivity index (χ0) is 11.4. The molecule has 1 heterocycles. The van der Waals surface area contributed by atoms with Crippen molar-refractivity contribution in [1.29, 1.82) is 0 Å². The van der Waals surface area contributed by atoms with Crippen LogP contribution in [0.1, 0.15) is 44.1 Å². The van der Waals surface area contributed by atoms with E-state index < -0.39 is 0 Å². The third-order valence-electron chi connectivity index (χ3n) is 3.16. The number of rotatable bonds is 3. The summed E-state index contributed by atoms with van der Waals surface area (Å²) < 4.78 is 1.61. The van der Waals surface area contributed by atoms with Crippen LogP contribution in [0.2, 0.25) is 8.67 Å². The van der Waals surface area contributed by atoms with Gasteiger partial charge in [0, 0.05) is 12.6 Å². The van der Waals surface area contributed by atoms with Crippen LogP contribution in [0.4, 0.5) is 0 Å². The maximum Gasteiger partial charge on any atom is 0.0989 e. The van der Waals surface area contributed by atoms with Crippen LogP contribution in [-0.2, 0) is 6.54 Å². The van der Waals surface area contributed by atoms with Gasteiger partial charge in [0.05, 0.1) is 8.67 Å². The van der Waals surface area contributed by atoms with Crippen LogP contribution in [-0.4, -0.2) is 6.04 Å². The number of halogens is 2. The first-order chi connectivity index (χ1) is 7.75. The number of hydrogen-bond acceptors (Lipinski definition) is 2. The topological polar surface area (TPSA) is 12.0 Å². The molecule has 16 heavy (non-hydrogen) atoms. The molecule has 0 amide bonds. The fraction of sp³-hybridized carbons (Fsp3) is 0.667. The van der Waals surface area contributed by atoms with Gasteiger partial charge in [-0.25, -0.2) is 0 Å². The first kappa shape index (κ1) is 12.7. The summed E-state index contributed by atoms with van der Waals surface area (Å²) in [4.78, 5) is 0. The van der Waals surface area contributed by atoms with Crippen LogP contribution in [0.5, 0.6) is 0 Å². The molecule has 0 radical (unpaired) electrons. The highest BCUT2D eigenvalue weighted by atomic mass is 35.5. The van der Waals surface area contributed by atoms with Crippen LogP contribution in [0.3, 0.4) is 0 Å². The zero-order valence-electron chi connectivity index (χ0n) is 9.27. The summed E-state index contributed by atoms with van der Waals surface area (Å²) in [6.07, 6.45) is 8.10. The Bertz CT molecular complexity index is 330. The van der Waals surface area contributed by atoms with E-state index in [4.69, 9.17) is 23.2 Å².